The molecule has 1 aromatic carbocycles. The summed E-state index contributed by atoms with van der Waals surface area (Å²) in [6.07, 6.45) is 2.43. The number of amides is 1. The van der Waals surface area contributed by atoms with Crippen LogP contribution >= 0.6 is 0 Å². The van der Waals surface area contributed by atoms with Gasteiger partial charge in [0.15, 0.2) is 11.5 Å². The molecule has 122 valence electrons. The minimum atomic E-state index is 0.109. The molecule has 2 heterocycles. The highest BCUT2D eigenvalue weighted by Gasteiger charge is 2.26. The predicted molar refractivity (Wildman–Crippen MR) is 87.7 cm³/mol. The van der Waals surface area contributed by atoms with Crippen molar-refractivity contribution in [2.45, 2.75) is 25.9 Å². The third-order valence-corrected chi connectivity index (χ3v) is 4.30. The van der Waals surface area contributed by atoms with Crippen molar-refractivity contribution in [1.29, 1.82) is 0 Å². The van der Waals surface area contributed by atoms with Crippen LogP contribution in [0.1, 0.15) is 25.1 Å². The molecule has 5 nitrogen and oxygen atoms in total. The first-order valence-electron chi connectivity index (χ1n) is 7.91. The fraction of sp³-hybridized carbons (Fsp3) is 0.389. The van der Waals surface area contributed by atoms with E-state index in [1.807, 2.05) is 35.2 Å². The third-order valence-electron chi connectivity index (χ3n) is 4.30. The van der Waals surface area contributed by atoms with Crippen molar-refractivity contribution in [3.05, 3.63) is 48.3 Å². The maximum absolute atomic E-state index is 12.5. The molecule has 1 amide bonds. The zero-order valence-electron chi connectivity index (χ0n) is 13.6. The second kappa shape index (κ2) is 6.77. The molecule has 0 bridgehead atoms. The smallest absolute Gasteiger partial charge is 0.226 e. The van der Waals surface area contributed by atoms with Gasteiger partial charge in [-0.3, -0.25) is 4.79 Å². The zero-order chi connectivity index (χ0) is 16.2. The first kappa shape index (κ1) is 15.5. The molecular formula is C18H22N2O3. The maximum atomic E-state index is 12.5. The van der Waals surface area contributed by atoms with E-state index in [4.69, 9.17) is 9.47 Å². The summed E-state index contributed by atoms with van der Waals surface area (Å²) in [5.74, 6) is 1.48. The van der Waals surface area contributed by atoms with Gasteiger partial charge in [-0.05, 0) is 31.2 Å². The van der Waals surface area contributed by atoms with Crippen molar-refractivity contribution in [2.24, 2.45) is 0 Å². The number of carbonyl (C=O) groups is 1. The first-order valence-corrected chi connectivity index (χ1v) is 7.91. The van der Waals surface area contributed by atoms with Gasteiger partial charge in [0.05, 0.1) is 26.2 Å². The van der Waals surface area contributed by atoms with E-state index >= 15 is 0 Å². The first-order chi connectivity index (χ1) is 11.2. The van der Waals surface area contributed by atoms with Gasteiger partial charge in [-0.25, -0.2) is 0 Å². The lowest BCUT2D eigenvalue weighted by Crippen LogP contribution is -2.41. The van der Waals surface area contributed by atoms with Crippen LogP contribution in [0.15, 0.2) is 42.6 Å². The Bertz CT molecular complexity index is 680. The molecule has 1 aliphatic heterocycles. The molecule has 1 aromatic heterocycles. The van der Waals surface area contributed by atoms with E-state index in [1.165, 1.54) is 5.69 Å². The summed E-state index contributed by atoms with van der Waals surface area (Å²) in [5, 5.41) is 0. The number of benzene rings is 1. The van der Waals surface area contributed by atoms with Crippen LogP contribution in [0.3, 0.4) is 0 Å². The fourth-order valence-electron chi connectivity index (χ4n) is 3.05. The number of rotatable bonds is 5. The van der Waals surface area contributed by atoms with Gasteiger partial charge in [0.25, 0.3) is 0 Å². The van der Waals surface area contributed by atoms with Gasteiger partial charge in [-0.2, -0.15) is 0 Å². The second-order valence-corrected chi connectivity index (χ2v) is 5.64. The quantitative estimate of drug-likeness (QED) is 0.852. The van der Waals surface area contributed by atoms with Crippen LogP contribution < -0.4 is 9.47 Å². The van der Waals surface area contributed by atoms with E-state index in [2.05, 4.69) is 23.8 Å². The lowest BCUT2D eigenvalue weighted by molar-refractivity contribution is -0.134. The number of hydrogen-bond acceptors (Lipinski definition) is 3. The molecule has 3 rings (SSSR count). The second-order valence-electron chi connectivity index (χ2n) is 5.64. The number of para-hydroxylation sites is 2. The molecule has 1 aliphatic rings. The number of aromatic nitrogens is 1. The molecule has 1 atom stereocenters. The fourth-order valence-corrected chi connectivity index (χ4v) is 3.05. The topological polar surface area (TPSA) is 43.7 Å². The molecule has 0 N–H and O–H groups in total. The summed E-state index contributed by atoms with van der Waals surface area (Å²) in [7, 11) is 1.61. The highest BCUT2D eigenvalue weighted by Crippen LogP contribution is 2.27. The number of carbonyl (C=O) groups excluding carboxylic acids is 1. The van der Waals surface area contributed by atoms with Gasteiger partial charge in [0, 0.05) is 25.0 Å². The molecule has 0 radical (unpaired) electrons. The van der Waals surface area contributed by atoms with Crippen molar-refractivity contribution >= 4 is 5.91 Å². The van der Waals surface area contributed by atoms with E-state index in [9.17, 15) is 4.79 Å². The number of hydrogen-bond donors (Lipinski definition) is 0. The summed E-state index contributed by atoms with van der Waals surface area (Å²) in [6.45, 7) is 4.02. The van der Waals surface area contributed by atoms with Crippen LogP contribution in [0.4, 0.5) is 0 Å². The Morgan fingerprint density at radius 3 is 2.74 bits per heavy atom. The largest absolute Gasteiger partial charge is 0.493 e. The number of methoxy groups -OCH3 is 1. The van der Waals surface area contributed by atoms with Gasteiger partial charge < -0.3 is 18.9 Å². The molecule has 0 aliphatic carbocycles. The van der Waals surface area contributed by atoms with Gasteiger partial charge in [-0.15, -0.1) is 0 Å². The SMILES string of the molecule is COc1ccccc1OCCC(=O)N1CCn2cccc2C1C. The Labute approximate surface area is 136 Å². The van der Waals surface area contributed by atoms with Crippen LogP contribution in [-0.4, -0.2) is 35.6 Å². The molecule has 23 heavy (non-hydrogen) atoms. The van der Waals surface area contributed by atoms with E-state index < -0.39 is 0 Å². The molecule has 0 saturated carbocycles. The lowest BCUT2D eigenvalue weighted by atomic mass is 10.1. The number of nitrogens with zero attached hydrogens (tertiary/aromatic N) is 2. The molecule has 0 fully saturated rings. The van der Waals surface area contributed by atoms with E-state index in [0.29, 0.717) is 24.5 Å². The van der Waals surface area contributed by atoms with Gasteiger partial charge >= 0.3 is 0 Å². The minimum absolute atomic E-state index is 0.109. The molecule has 0 spiro atoms. The van der Waals surface area contributed by atoms with E-state index in [-0.39, 0.29) is 11.9 Å². The summed E-state index contributed by atoms with van der Waals surface area (Å²) >= 11 is 0. The molecule has 1 unspecified atom stereocenters. The highest BCUT2D eigenvalue weighted by atomic mass is 16.5. The number of ether oxygens (including phenoxy) is 2. The van der Waals surface area contributed by atoms with Gasteiger partial charge in [0.1, 0.15) is 0 Å². The monoisotopic (exact) mass is 314 g/mol. The lowest BCUT2D eigenvalue weighted by Gasteiger charge is -2.35. The van der Waals surface area contributed by atoms with Crippen LogP contribution in [0.5, 0.6) is 11.5 Å². The van der Waals surface area contributed by atoms with Crippen molar-refractivity contribution in [3.63, 3.8) is 0 Å². The van der Waals surface area contributed by atoms with E-state index in [0.717, 1.165) is 13.1 Å². The predicted octanol–water partition coefficient (Wildman–Crippen LogP) is 2.87. The molecule has 0 saturated heterocycles. The summed E-state index contributed by atoms with van der Waals surface area (Å²) in [6, 6.07) is 11.7. The van der Waals surface area contributed by atoms with Crippen LogP contribution in [-0.2, 0) is 11.3 Å². The average Bonchev–Trinajstić information content (AvgIpc) is 3.05. The highest BCUT2D eigenvalue weighted by molar-refractivity contribution is 5.77. The molecule has 5 heteroatoms. The third kappa shape index (κ3) is 3.18. The van der Waals surface area contributed by atoms with Gasteiger partial charge in [-0.1, -0.05) is 12.1 Å². The summed E-state index contributed by atoms with van der Waals surface area (Å²) in [4.78, 5) is 14.4. The van der Waals surface area contributed by atoms with Crippen LogP contribution in [0.25, 0.3) is 0 Å². The van der Waals surface area contributed by atoms with Crippen molar-refractivity contribution < 1.29 is 14.3 Å². The molecular weight excluding hydrogens is 292 g/mol. The van der Waals surface area contributed by atoms with Crippen molar-refractivity contribution in [1.82, 2.24) is 9.47 Å². The Kier molecular flexibility index (Phi) is 4.55. The average molecular weight is 314 g/mol. The Hall–Kier alpha value is -2.43. The van der Waals surface area contributed by atoms with Crippen LogP contribution in [0, 0.1) is 0 Å². The standard InChI is InChI=1S/C18H22N2O3/c1-14-15-6-5-10-19(15)11-12-20(14)18(21)9-13-23-17-8-4-3-7-16(17)22-2/h3-8,10,14H,9,11-13H2,1-2H3. The van der Waals surface area contributed by atoms with Gasteiger partial charge in [0.2, 0.25) is 5.91 Å². The normalized spacial score (nSPS) is 16.8. The minimum Gasteiger partial charge on any atom is -0.493 e. The van der Waals surface area contributed by atoms with Crippen molar-refractivity contribution in [3.8, 4) is 11.5 Å². The Morgan fingerprint density at radius 1 is 1.17 bits per heavy atom. The summed E-state index contributed by atoms with van der Waals surface area (Å²) in [5.41, 5.74) is 1.19. The summed E-state index contributed by atoms with van der Waals surface area (Å²) < 4.78 is 13.2. The maximum Gasteiger partial charge on any atom is 0.226 e. The zero-order valence-corrected chi connectivity index (χ0v) is 13.6. The molecule has 2 aromatic rings. The Balaban J connectivity index is 1.56. The van der Waals surface area contributed by atoms with E-state index in [1.54, 1.807) is 7.11 Å². The van der Waals surface area contributed by atoms with Crippen LogP contribution in [0.2, 0.25) is 0 Å². The Morgan fingerprint density at radius 2 is 1.96 bits per heavy atom. The van der Waals surface area contributed by atoms with Crippen molar-refractivity contribution in [2.75, 3.05) is 20.3 Å². The number of fused-ring (bicyclic) bond motifs is 1.